The van der Waals surface area contributed by atoms with Crippen LogP contribution in [0, 0.1) is 17.0 Å². The Morgan fingerprint density at radius 3 is 2.36 bits per heavy atom. The number of hydrogen-bond donors (Lipinski definition) is 2. The van der Waals surface area contributed by atoms with Crippen molar-refractivity contribution < 1.29 is 14.5 Å². The van der Waals surface area contributed by atoms with Gasteiger partial charge in [0.05, 0.1) is 16.5 Å². The summed E-state index contributed by atoms with van der Waals surface area (Å²) < 4.78 is 0. The lowest BCUT2D eigenvalue weighted by Gasteiger charge is -2.31. The fraction of sp³-hybridized carbons (Fsp3) is 0.286. The number of nitro benzene ring substituents is 1. The SMILES string of the molecule is Cc1ccc(C(=O)Nc2ccc(N3CCCCC3)c(C(=O)NC(C)c3ccccc3)c2)cc1[N+](=O)[O-]. The third-order valence-electron chi connectivity index (χ3n) is 6.51. The van der Waals surface area contributed by atoms with Gasteiger partial charge in [-0.2, -0.15) is 0 Å². The lowest BCUT2D eigenvalue weighted by Crippen LogP contribution is -2.33. The highest BCUT2D eigenvalue weighted by atomic mass is 16.6. The molecule has 186 valence electrons. The predicted molar refractivity (Wildman–Crippen MR) is 141 cm³/mol. The zero-order valence-corrected chi connectivity index (χ0v) is 20.5. The predicted octanol–water partition coefficient (Wildman–Crippen LogP) is 5.64. The van der Waals surface area contributed by atoms with Gasteiger partial charge in [0.25, 0.3) is 17.5 Å². The van der Waals surface area contributed by atoms with Crippen molar-refractivity contribution in [1.29, 1.82) is 0 Å². The first-order valence-electron chi connectivity index (χ1n) is 12.1. The molecule has 3 aromatic rings. The number of nitrogens with one attached hydrogen (secondary N) is 2. The van der Waals surface area contributed by atoms with Crippen molar-refractivity contribution in [1.82, 2.24) is 5.32 Å². The minimum absolute atomic E-state index is 0.113. The second-order valence-corrected chi connectivity index (χ2v) is 9.10. The molecule has 1 saturated heterocycles. The van der Waals surface area contributed by atoms with Gasteiger partial charge in [-0.3, -0.25) is 19.7 Å². The Balaban J connectivity index is 1.61. The van der Waals surface area contributed by atoms with E-state index >= 15 is 0 Å². The molecular weight excluding hydrogens is 456 g/mol. The van der Waals surface area contributed by atoms with Gasteiger partial charge in [-0.15, -0.1) is 0 Å². The summed E-state index contributed by atoms with van der Waals surface area (Å²) in [4.78, 5) is 39.3. The number of aryl methyl sites for hydroxylation is 1. The molecule has 3 aromatic carbocycles. The molecule has 1 aliphatic heterocycles. The highest BCUT2D eigenvalue weighted by Gasteiger charge is 2.22. The number of amides is 2. The van der Waals surface area contributed by atoms with Crippen LogP contribution in [0.3, 0.4) is 0 Å². The van der Waals surface area contributed by atoms with Gasteiger partial charge in [-0.25, -0.2) is 0 Å². The minimum atomic E-state index is -0.504. The molecule has 2 amide bonds. The summed E-state index contributed by atoms with van der Waals surface area (Å²) in [6, 6.07) is 19.2. The molecule has 0 bridgehead atoms. The van der Waals surface area contributed by atoms with Crippen LogP contribution in [0.25, 0.3) is 0 Å². The lowest BCUT2D eigenvalue weighted by atomic mass is 10.0. The molecule has 2 N–H and O–H groups in total. The van der Waals surface area contributed by atoms with Gasteiger partial charge in [-0.1, -0.05) is 36.4 Å². The van der Waals surface area contributed by atoms with E-state index in [9.17, 15) is 19.7 Å². The number of anilines is 2. The van der Waals surface area contributed by atoms with E-state index in [0.717, 1.165) is 37.2 Å². The maximum atomic E-state index is 13.4. The van der Waals surface area contributed by atoms with Gasteiger partial charge in [0, 0.05) is 41.7 Å². The first kappa shape index (κ1) is 24.9. The third kappa shape index (κ3) is 5.71. The standard InChI is InChI=1S/C28H30N4O4/c1-19-11-12-22(17-26(19)32(35)36)27(33)30-23-13-14-25(31-15-7-4-8-16-31)24(18-23)28(34)29-20(2)21-9-5-3-6-10-21/h3,5-6,9-14,17-18,20H,4,7-8,15-16H2,1-2H3,(H,29,34)(H,30,33). The number of nitrogens with zero attached hydrogens (tertiary/aromatic N) is 2. The summed E-state index contributed by atoms with van der Waals surface area (Å²) in [6.45, 7) is 5.30. The number of benzene rings is 3. The number of carbonyl (C=O) groups is 2. The number of carbonyl (C=O) groups excluding carboxylic acids is 2. The Kier molecular flexibility index (Phi) is 7.63. The second-order valence-electron chi connectivity index (χ2n) is 9.10. The zero-order valence-electron chi connectivity index (χ0n) is 20.5. The van der Waals surface area contributed by atoms with Crippen LogP contribution in [0.1, 0.15) is 64.1 Å². The maximum absolute atomic E-state index is 13.4. The van der Waals surface area contributed by atoms with E-state index in [4.69, 9.17) is 0 Å². The Morgan fingerprint density at radius 2 is 1.67 bits per heavy atom. The van der Waals surface area contributed by atoms with Crippen LogP contribution in [-0.4, -0.2) is 29.8 Å². The monoisotopic (exact) mass is 486 g/mol. The molecule has 4 rings (SSSR count). The van der Waals surface area contributed by atoms with Gasteiger partial charge < -0.3 is 15.5 Å². The van der Waals surface area contributed by atoms with Crippen LogP contribution in [0.2, 0.25) is 0 Å². The highest BCUT2D eigenvalue weighted by Crippen LogP contribution is 2.29. The molecule has 8 heteroatoms. The normalized spacial score (nSPS) is 14.1. The Hall–Kier alpha value is -4.20. The minimum Gasteiger partial charge on any atom is -0.371 e. The van der Waals surface area contributed by atoms with Crippen LogP contribution in [0.4, 0.5) is 17.1 Å². The highest BCUT2D eigenvalue weighted by molar-refractivity contribution is 6.06. The van der Waals surface area contributed by atoms with Gasteiger partial charge >= 0.3 is 0 Å². The Morgan fingerprint density at radius 1 is 0.944 bits per heavy atom. The van der Waals surface area contributed by atoms with Crippen molar-refractivity contribution in [3.8, 4) is 0 Å². The maximum Gasteiger partial charge on any atom is 0.273 e. The molecule has 1 unspecified atom stereocenters. The molecule has 0 aromatic heterocycles. The molecule has 0 spiro atoms. The number of nitro groups is 1. The summed E-state index contributed by atoms with van der Waals surface area (Å²) in [5, 5.41) is 17.1. The van der Waals surface area contributed by atoms with Gasteiger partial charge in [0.1, 0.15) is 0 Å². The number of rotatable bonds is 7. The molecule has 0 saturated carbocycles. The quantitative estimate of drug-likeness (QED) is 0.332. The van der Waals surface area contributed by atoms with E-state index in [2.05, 4.69) is 15.5 Å². The third-order valence-corrected chi connectivity index (χ3v) is 6.51. The van der Waals surface area contributed by atoms with Gasteiger partial charge in [-0.05, 0) is 62.9 Å². The fourth-order valence-electron chi connectivity index (χ4n) is 4.46. The number of piperidine rings is 1. The smallest absolute Gasteiger partial charge is 0.273 e. The molecule has 0 radical (unpaired) electrons. The summed E-state index contributed by atoms with van der Waals surface area (Å²) in [6.07, 6.45) is 3.29. The summed E-state index contributed by atoms with van der Waals surface area (Å²) in [5.74, 6) is -0.707. The van der Waals surface area contributed by atoms with Crippen LogP contribution < -0.4 is 15.5 Å². The van der Waals surface area contributed by atoms with Crippen LogP contribution in [-0.2, 0) is 0 Å². The molecule has 0 aliphatic carbocycles. The van der Waals surface area contributed by atoms with E-state index in [0.29, 0.717) is 16.8 Å². The molecular formula is C28H30N4O4. The van der Waals surface area contributed by atoms with Crippen molar-refractivity contribution in [3.63, 3.8) is 0 Å². The average Bonchev–Trinajstić information content (AvgIpc) is 2.89. The summed E-state index contributed by atoms with van der Waals surface area (Å²) in [5.41, 5.74) is 3.30. The molecule has 36 heavy (non-hydrogen) atoms. The van der Waals surface area contributed by atoms with Crippen molar-refractivity contribution in [2.45, 2.75) is 39.2 Å². The lowest BCUT2D eigenvalue weighted by molar-refractivity contribution is -0.385. The van der Waals surface area contributed by atoms with E-state index in [1.165, 1.54) is 12.5 Å². The molecule has 1 aliphatic rings. The van der Waals surface area contributed by atoms with E-state index in [-0.39, 0.29) is 23.2 Å². The first-order valence-corrected chi connectivity index (χ1v) is 12.1. The van der Waals surface area contributed by atoms with Gasteiger partial charge in [0.2, 0.25) is 0 Å². The summed E-state index contributed by atoms with van der Waals surface area (Å²) in [7, 11) is 0. The van der Waals surface area contributed by atoms with Crippen molar-refractivity contribution in [3.05, 3.63) is 99.1 Å². The van der Waals surface area contributed by atoms with Crippen LogP contribution >= 0.6 is 0 Å². The van der Waals surface area contributed by atoms with E-state index < -0.39 is 10.8 Å². The van der Waals surface area contributed by atoms with Crippen molar-refractivity contribution >= 4 is 28.9 Å². The fourth-order valence-corrected chi connectivity index (χ4v) is 4.46. The largest absolute Gasteiger partial charge is 0.371 e. The van der Waals surface area contributed by atoms with E-state index in [1.54, 1.807) is 31.2 Å². The number of hydrogen-bond acceptors (Lipinski definition) is 5. The first-order chi connectivity index (χ1) is 17.3. The molecule has 8 nitrogen and oxygen atoms in total. The van der Waals surface area contributed by atoms with Crippen LogP contribution in [0.15, 0.2) is 66.7 Å². The van der Waals surface area contributed by atoms with Crippen LogP contribution in [0.5, 0.6) is 0 Å². The van der Waals surface area contributed by atoms with E-state index in [1.807, 2.05) is 43.3 Å². The Bertz CT molecular complexity index is 1270. The van der Waals surface area contributed by atoms with Gasteiger partial charge in [0.15, 0.2) is 0 Å². The van der Waals surface area contributed by atoms with Crippen molar-refractivity contribution in [2.75, 3.05) is 23.3 Å². The molecule has 1 heterocycles. The second kappa shape index (κ2) is 11.0. The average molecular weight is 487 g/mol. The van der Waals surface area contributed by atoms with Crippen molar-refractivity contribution in [2.24, 2.45) is 0 Å². The molecule has 1 atom stereocenters. The Labute approximate surface area is 210 Å². The molecule has 1 fully saturated rings. The topological polar surface area (TPSA) is 105 Å². The zero-order chi connectivity index (χ0) is 25.7. The summed E-state index contributed by atoms with van der Waals surface area (Å²) >= 11 is 0.